The van der Waals surface area contributed by atoms with E-state index in [9.17, 15) is 19.5 Å². The van der Waals surface area contributed by atoms with Crippen LogP contribution < -0.4 is 21.1 Å². The normalized spacial score (nSPS) is 18.6. The Bertz CT molecular complexity index is 1690. The first-order valence-electron chi connectivity index (χ1n) is 13.8. The summed E-state index contributed by atoms with van der Waals surface area (Å²) in [5.74, 6) is -0.603. The van der Waals surface area contributed by atoms with Crippen LogP contribution in [0, 0.1) is 0 Å². The molecule has 2 bridgehead atoms. The Morgan fingerprint density at radius 3 is 2.60 bits per heavy atom. The third-order valence-corrected chi connectivity index (χ3v) is 7.88. The number of halogens is 1. The predicted octanol–water partition coefficient (Wildman–Crippen LogP) is 3.44. The van der Waals surface area contributed by atoms with E-state index < -0.39 is 23.4 Å². The number of aromatic amines is 1. The molecule has 0 spiro atoms. The molecular formula is C30H29ClN6O5. The lowest BCUT2D eigenvalue weighted by atomic mass is 10.0. The fourth-order valence-corrected chi connectivity index (χ4v) is 5.58. The van der Waals surface area contributed by atoms with Gasteiger partial charge in [0.15, 0.2) is 0 Å². The van der Waals surface area contributed by atoms with Crippen molar-refractivity contribution in [1.29, 1.82) is 0 Å². The second kappa shape index (κ2) is 11.9. The summed E-state index contributed by atoms with van der Waals surface area (Å²) in [6.45, 7) is 1.28. The summed E-state index contributed by atoms with van der Waals surface area (Å²) >= 11 is 6.34. The number of rotatable bonds is 8. The number of morpholine rings is 1. The molecule has 2 fully saturated rings. The lowest BCUT2D eigenvalue weighted by Gasteiger charge is -2.32. The first kappa shape index (κ1) is 27.8. The van der Waals surface area contributed by atoms with Gasteiger partial charge in [-0.2, -0.15) is 4.98 Å². The molecule has 3 atom stereocenters. The van der Waals surface area contributed by atoms with Crippen molar-refractivity contribution in [3.63, 3.8) is 0 Å². The zero-order valence-electron chi connectivity index (χ0n) is 22.5. The number of ether oxygens (including phenoxy) is 1. The Labute approximate surface area is 245 Å². The second-order valence-corrected chi connectivity index (χ2v) is 10.9. The highest BCUT2D eigenvalue weighted by molar-refractivity contribution is 6.34. The van der Waals surface area contributed by atoms with Crippen molar-refractivity contribution in [2.75, 3.05) is 29.9 Å². The Morgan fingerprint density at radius 2 is 1.86 bits per heavy atom. The van der Waals surface area contributed by atoms with Crippen molar-refractivity contribution in [2.24, 2.45) is 0 Å². The van der Waals surface area contributed by atoms with E-state index in [0.29, 0.717) is 36.5 Å². The van der Waals surface area contributed by atoms with Crippen LogP contribution in [-0.2, 0) is 4.74 Å². The number of benzene rings is 2. The number of pyridine rings is 1. The van der Waals surface area contributed by atoms with Crippen LogP contribution in [0.5, 0.6) is 0 Å². The molecule has 6 rings (SSSR count). The number of amides is 2. The Kier molecular flexibility index (Phi) is 7.88. The molecule has 4 aromatic rings. The van der Waals surface area contributed by atoms with Crippen molar-refractivity contribution < 1.29 is 19.4 Å². The lowest BCUT2D eigenvalue weighted by molar-refractivity contribution is 0.0299. The molecule has 216 valence electrons. The van der Waals surface area contributed by atoms with Gasteiger partial charge in [-0.3, -0.25) is 14.4 Å². The fourth-order valence-electron chi connectivity index (χ4n) is 5.41. The summed E-state index contributed by atoms with van der Waals surface area (Å²) in [4.78, 5) is 52.9. The average molecular weight is 589 g/mol. The number of nitrogens with zero attached hydrogens (tertiary/aromatic N) is 3. The van der Waals surface area contributed by atoms with Crippen molar-refractivity contribution in [3.05, 3.63) is 92.9 Å². The smallest absolute Gasteiger partial charge is 0.262 e. The number of fused-ring (bicyclic) bond motifs is 3. The Hall–Kier alpha value is -4.32. The molecule has 0 saturated carbocycles. The molecule has 42 heavy (non-hydrogen) atoms. The van der Waals surface area contributed by atoms with Crippen LogP contribution in [0.4, 0.5) is 11.6 Å². The highest BCUT2D eigenvalue weighted by atomic mass is 35.5. The van der Waals surface area contributed by atoms with Crippen molar-refractivity contribution in [2.45, 2.75) is 37.5 Å². The summed E-state index contributed by atoms with van der Waals surface area (Å²) < 4.78 is 5.88. The van der Waals surface area contributed by atoms with Crippen molar-refractivity contribution in [1.82, 2.24) is 20.3 Å². The summed E-state index contributed by atoms with van der Waals surface area (Å²) in [6.07, 6.45) is 4.26. The molecule has 11 nitrogen and oxygen atoms in total. The maximum atomic E-state index is 13.2. The highest BCUT2D eigenvalue weighted by Gasteiger charge is 2.34. The first-order valence-corrected chi connectivity index (χ1v) is 14.1. The molecule has 0 aliphatic carbocycles. The van der Waals surface area contributed by atoms with Gasteiger partial charge in [-0.15, -0.1) is 0 Å². The molecule has 2 aliphatic heterocycles. The number of hydrogen-bond donors (Lipinski definition) is 4. The molecule has 12 heteroatoms. The number of H-pyrrole nitrogens is 1. The lowest BCUT2D eigenvalue weighted by Crippen LogP contribution is -2.43. The van der Waals surface area contributed by atoms with Crippen LogP contribution in [0.3, 0.4) is 0 Å². The second-order valence-electron chi connectivity index (χ2n) is 10.4. The molecule has 3 unspecified atom stereocenters. The number of anilines is 2. The topological polar surface area (TPSA) is 150 Å². The predicted molar refractivity (Wildman–Crippen MR) is 158 cm³/mol. The minimum atomic E-state index is -0.700. The van der Waals surface area contributed by atoms with E-state index in [0.717, 1.165) is 18.4 Å². The standard InChI is InChI=1S/C30H29ClN6O5/c31-23-9-6-18(27(39)33-24(10-11-38)17-4-2-1-3-5-17)13-25(23)34-28(40)22-12-19-14-32-30(36-26(19)35-29(22)41)37-15-20-7-8-21(16-37)42-20/h1-6,9,12-14,20-21,24,38H,7-8,10-11,15-16H2,(H,33,39)(H,34,40)(H,32,35,36,41). The average Bonchev–Trinajstić information content (AvgIpc) is 3.34. The van der Waals surface area contributed by atoms with Crippen LogP contribution in [-0.4, -0.2) is 63.8 Å². The molecular weight excluding hydrogens is 560 g/mol. The van der Waals surface area contributed by atoms with Gasteiger partial charge in [-0.05, 0) is 49.1 Å². The molecule has 2 aromatic heterocycles. The molecule has 2 aromatic carbocycles. The minimum Gasteiger partial charge on any atom is -0.396 e. The molecule has 2 aliphatic rings. The van der Waals surface area contributed by atoms with Gasteiger partial charge < -0.3 is 30.4 Å². The third kappa shape index (κ3) is 5.85. The fraction of sp³-hybridized carbons (Fsp3) is 0.300. The largest absolute Gasteiger partial charge is 0.396 e. The van der Waals surface area contributed by atoms with Gasteiger partial charge in [0.25, 0.3) is 17.4 Å². The molecule has 2 saturated heterocycles. The van der Waals surface area contributed by atoms with Gasteiger partial charge in [0, 0.05) is 36.8 Å². The van der Waals surface area contributed by atoms with Crippen LogP contribution >= 0.6 is 11.6 Å². The maximum absolute atomic E-state index is 13.2. The van der Waals surface area contributed by atoms with Gasteiger partial charge in [-0.25, -0.2) is 4.98 Å². The maximum Gasteiger partial charge on any atom is 0.262 e. The Balaban J connectivity index is 1.19. The summed E-state index contributed by atoms with van der Waals surface area (Å²) in [5.41, 5.74) is 0.825. The van der Waals surface area contributed by atoms with Gasteiger partial charge in [-0.1, -0.05) is 41.9 Å². The van der Waals surface area contributed by atoms with Gasteiger partial charge >= 0.3 is 0 Å². The van der Waals surface area contributed by atoms with Crippen molar-refractivity contribution >= 4 is 46.1 Å². The molecule has 4 N–H and O–H groups in total. The Morgan fingerprint density at radius 1 is 1.10 bits per heavy atom. The van der Waals surface area contributed by atoms with E-state index in [4.69, 9.17) is 16.3 Å². The number of carbonyl (C=O) groups is 2. The number of nitrogens with one attached hydrogen (secondary N) is 3. The number of aliphatic hydroxyl groups is 1. The number of aromatic nitrogens is 3. The summed E-state index contributed by atoms with van der Waals surface area (Å²) in [7, 11) is 0. The quantitative estimate of drug-likeness (QED) is 0.244. The van der Waals surface area contributed by atoms with E-state index in [1.807, 2.05) is 30.3 Å². The van der Waals surface area contributed by atoms with E-state index in [1.165, 1.54) is 24.3 Å². The zero-order valence-corrected chi connectivity index (χ0v) is 23.3. The van der Waals surface area contributed by atoms with Crippen LogP contribution in [0.2, 0.25) is 5.02 Å². The number of hydrogen-bond acceptors (Lipinski definition) is 8. The van der Waals surface area contributed by atoms with Crippen LogP contribution in [0.1, 0.15) is 51.6 Å². The first-order chi connectivity index (χ1) is 20.4. The van der Waals surface area contributed by atoms with Gasteiger partial charge in [0.1, 0.15) is 11.2 Å². The van der Waals surface area contributed by atoms with Crippen molar-refractivity contribution in [3.8, 4) is 0 Å². The summed E-state index contributed by atoms with van der Waals surface area (Å²) in [5, 5.41) is 15.7. The number of carbonyl (C=O) groups excluding carboxylic acids is 2. The van der Waals surface area contributed by atoms with Gasteiger partial charge in [0.05, 0.1) is 29.0 Å². The van der Waals surface area contributed by atoms with E-state index in [2.05, 4.69) is 30.5 Å². The van der Waals surface area contributed by atoms with Crippen LogP contribution in [0.15, 0.2) is 65.6 Å². The summed E-state index contributed by atoms with van der Waals surface area (Å²) in [6, 6.07) is 14.8. The minimum absolute atomic E-state index is 0.109. The monoisotopic (exact) mass is 588 g/mol. The van der Waals surface area contributed by atoms with E-state index in [-0.39, 0.29) is 40.7 Å². The van der Waals surface area contributed by atoms with E-state index in [1.54, 1.807) is 6.20 Å². The van der Waals surface area contributed by atoms with Gasteiger partial charge in [0.2, 0.25) is 5.95 Å². The molecule has 0 radical (unpaired) electrons. The van der Waals surface area contributed by atoms with E-state index >= 15 is 0 Å². The SMILES string of the molecule is O=C(NC(CCO)c1ccccc1)c1ccc(Cl)c(NC(=O)c2cc3cnc(N4CC5CCC(C4)O5)nc3[nH]c2=O)c1. The molecule has 4 heterocycles. The molecule has 2 amide bonds. The number of aliphatic hydroxyl groups excluding tert-OH is 1. The highest BCUT2D eigenvalue weighted by Crippen LogP contribution is 2.29. The van der Waals surface area contributed by atoms with Crippen LogP contribution in [0.25, 0.3) is 11.0 Å². The third-order valence-electron chi connectivity index (χ3n) is 7.55. The zero-order chi connectivity index (χ0) is 29.2.